The summed E-state index contributed by atoms with van der Waals surface area (Å²) >= 11 is 0. The van der Waals surface area contributed by atoms with Crippen LogP contribution in [-0.4, -0.2) is 40.7 Å². The zero-order chi connectivity index (χ0) is 23.3. The first-order valence-electron chi connectivity index (χ1n) is 10.9. The van der Waals surface area contributed by atoms with Crippen LogP contribution in [0, 0.1) is 11.7 Å². The van der Waals surface area contributed by atoms with Gasteiger partial charge in [-0.2, -0.15) is 0 Å². The number of phenols is 1. The largest absolute Gasteiger partial charge is 0.505 e. The number of nitrogens with one attached hydrogen (secondary N) is 1. The highest BCUT2D eigenvalue weighted by molar-refractivity contribution is 5.94. The van der Waals surface area contributed by atoms with Crippen molar-refractivity contribution in [2.75, 3.05) is 13.1 Å². The van der Waals surface area contributed by atoms with Crippen molar-refractivity contribution in [2.45, 2.75) is 51.7 Å². The topological polar surface area (TPSA) is 78.9 Å². The third kappa shape index (κ3) is 6.45. The number of hydrogen-bond donors (Lipinski definition) is 2. The molecule has 2 N–H and O–H groups in total. The molecule has 3 rings (SSSR count). The highest BCUT2D eigenvalue weighted by Crippen LogP contribution is 2.29. The lowest BCUT2D eigenvalue weighted by molar-refractivity contribution is 0.0178. The molecule has 1 fully saturated rings. The molecule has 0 radical (unpaired) electrons. The quantitative estimate of drug-likeness (QED) is 0.680. The van der Waals surface area contributed by atoms with Crippen LogP contribution in [0.5, 0.6) is 5.75 Å². The van der Waals surface area contributed by atoms with Gasteiger partial charge in [0.25, 0.3) is 5.91 Å². The molecule has 0 spiro atoms. The number of nitrogens with zero attached hydrogens (tertiary/aromatic N) is 1. The first-order chi connectivity index (χ1) is 15.1. The van der Waals surface area contributed by atoms with E-state index in [0.29, 0.717) is 25.4 Å². The minimum Gasteiger partial charge on any atom is -0.505 e. The number of hydrogen-bond acceptors (Lipinski definition) is 4. The summed E-state index contributed by atoms with van der Waals surface area (Å²) < 4.78 is 19.2. The van der Waals surface area contributed by atoms with Gasteiger partial charge in [0, 0.05) is 18.7 Å². The smallest absolute Gasteiger partial charge is 0.410 e. The molecule has 0 aromatic heterocycles. The van der Waals surface area contributed by atoms with Gasteiger partial charge in [-0.25, -0.2) is 9.18 Å². The Kier molecular flexibility index (Phi) is 7.38. The lowest BCUT2D eigenvalue weighted by Crippen LogP contribution is -2.42. The van der Waals surface area contributed by atoms with Crippen molar-refractivity contribution in [1.29, 1.82) is 0 Å². The predicted octanol–water partition coefficient (Wildman–Crippen LogP) is 5.04. The number of piperidine rings is 1. The normalized spacial score (nSPS) is 15.8. The molecule has 7 heteroatoms. The number of aromatic hydroxyl groups is 1. The highest BCUT2D eigenvalue weighted by Gasteiger charge is 2.29. The van der Waals surface area contributed by atoms with E-state index in [1.54, 1.807) is 4.90 Å². The maximum absolute atomic E-state index is 13.7. The number of carbonyl (C=O) groups excluding carboxylic acids is 2. The van der Waals surface area contributed by atoms with Gasteiger partial charge >= 0.3 is 6.09 Å². The average Bonchev–Trinajstić information content (AvgIpc) is 2.75. The summed E-state index contributed by atoms with van der Waals surface area (Å²) in [4.78, 5) is 26.8. The second-order valence-electron chi connectivity index (χ2n) is 9.25. The second-order valence-corrected chi connectivity index (χ2v) is 9.25. The number of amides is 2. The number of benzene rings is 2. The van der Waals surface area contributed by atoms with Gasteiger partial charge in [-0.15, -0.1) is 0 Å². The van der Waals surface area contributed by atoms with Crippen molar-refractivity contribution in [2.24, 2.45) is 5.92 Å². The molecule has 2 aromatic carbocycles. The molecule has 32 heavy (non-hydrogen) atoms. The van der Waals surface area contributed by atoms with E-state index in [4.69, 9.17) is 4.74 Å². The van der Waals surface area contributed by atoms with E-state index in [-0.39, 0.29) is 17.7 Å². The van der Waals surface area contributed by atoms with Gasteiger partial charge in [-0.05, 0) is 69.7 Å². The van der Waals surface area contributed by atoms with E-state index in [2.05, 4.69) is 5.32 Å². The number of carbonyl (C=O) groups is 2. The molecule has 0 saturated carbocycles. The number of likely N-dealkylation sites (tertiary alicyclic amines) is 1. The monoisotopic (exact) mass is 442 g/mol. The molecular formula is C25H31FN2O4. The minimum atomic E-state index is -0.830. The second kappa shape index (κ2) is 10.0. The molecule has 1 saturated heterocycles. The van der Waals surface area contributed by atoms with Crippen LogP contribution in [0.3, 0.4) is 0 Å². The van der Waals surface area contributed by atoms with E-state index in [1.165, 1.54) is 12.1 Å². The summed E-state index contributed by atoms with van der Waals surface area (Å²) in [6.07, 6.45) is 2.04. The lowest BCUT2D eigenvalue weighted by atomic mass is 9.87. The van der Waals surface area contributed by atoms with Crippen LogP contribution in [0.4, 0.5) is 9.18 Å². The van der Waals surface area contributed by atoms with E-state index >= 15 is 0 Å². The summed E-state index contributed by atoms with van der Waals surface area (Å²) in [6.45, 7) is 6.77. The molecule has 1 aliphatic rings. The number of halogens is 1. The molecular weight excluding hydrogens is 411 g/mol. The number of ether oxygens (including phenoxy) is 1. The van der Waals surface area contributed by atoms with Gasteiger partial charge in [0.1, 0.15) is 5.60 Å². The molecule has 0 bridgehead atoms. The van der Waals surface area contributed by atoms with Crippen molar-refractivity contribution in [3.63, 3.8) is 0 Å². The summed E-state index contributed by atoms with van der Waals surface area (Å²) in [5.74, 6) is -1.40. The van der Waals surface area contributed by atoms with Gasteiger partial charge in [0.2, 0.25) is 0 Å². The summed E-state index contributed by atoms with van der Waals surface area (Å²) in [6, 6.07) is 13.0. The van der Waals surface area contributed by atoms with Crippen LogP contribution in [0.2, 0.25) is 0 Å². The van der Waals surface area contributed by atoms with E-state index in [1.807, 2.05) is 51.1 Å². The highest BCUT2D eigenvalue weighted by atomic mass is 19.1. The molecule has 6 nitrogen and oxygen atoms in total. The summed E-state index contributed by atoms with van der Waals surface area (Å²) in [5, 5.41) is 12.4. The molecule has 1 aliphatic heterocycles. The van der Waals surface area contributed by atoms with Crippen molar-refractivity contribution in [3.8, 4) is 5.75 Å². The third-order valence-corrected chi connectivity index (χ3v) is 5.55. The number of phenolic OH excluding ortho intramolecular Hbond substituents is 1. The molecule has 1 heterocycles. The Balaban J connectivity index is 1.65. The first-order valence-corrected chi connectivity index (χ1v) is 10.9. The Bertz CT molecular complexity index is 935. The molecule has 1 atom stereocenters. The maximum Gasteiger partial charge on any atom is 0.410 e. The standard InChI is InChI=1S/C25H31FN2O4/c1-25(2,3)32-24(31)28-13-11-17(12-14-28)15-21(18-7-5-4-6-8-18)27-23(30)19-9-10-22(29)20(26)16-19/h4-10,16-17,21,29H,11-15H2,1-3H3,(H,27,30). The van der Waals surface area contributed by atoms with E-state index < -0.39 is 23.1 Å². The van der Waals surface area contributed by atoms with Crippen molar-refractivity contribution in [3.05, 3.63) is 65.5 Å². The van der Waals surface area contributed by atoms with Crippen LogP contribution in [0.15, 0.2) is 48.5 Å². The molecule has 0 aliphatic carbocycles. The Morgan fingerprint density at radius 1 is 1.16 bits per heavy atom. The zero-order valence-corrected chi connectivity index (χ0v) is 18.8. The fraction of sp³-hybridized carbons (Fsp3) is 0.440. The summed E-state index contributed by atoms with van der Waals surface area (Å²) in [7, 11) is 0. The molecule has 172 valence electrons. The first kappa shape index (κ1) is 23.6. The average molecular weight is 443 g/mol. The Hall–Kier alpha value is -3.09. The SMILES string of the molecule is CC(C)(C)OC(=O)N1CCC(CC(NC(=O)c2ccc(O)c(F)c2)c2ccccc2)CC1. The van der Waals surface area contributed by atoms with Gasteiger partial charge in [0.15, 0.2) is 11.6 Å². The van der Waals surface area contributed by atoms with Gasteiger partial charge < -0.3 is 20.1 Å². The number of rotatable bonds is 5. The molecule has 2 amide bonds. The van der Waals surface area contributed by atoms with Crippen molar-refractivity contribution < 1.29 is 23.8 Å². The van der Waals surface area contributed by atoms with Crippen LogP contribution < -0.4 is 5.32 Å². The Morgan fingerprint density at radius 3 is 2.41 bits per heavy atom. The van der Waals surface area contributed by atoms with Gasteiger partial charge in [0.05, 0.1) is 6.04 Å². The van der Waals surface area contributed by atoms with Crippen LogP contribution in [-0.2, 0) is 4.74 Å². The predicted molar refractivity (Wildman–Crippen MR) is 120 cm³/mol. The Labute approximate surface area is 188 Å². The van der Waals surface area contributed by atoms with Crippen LogP contribution >= 0.6 is 0 Å². The Morgan fingerprint density at radius 2 is 1.81 bits per heavy atom. The lowest BCUT2D eigenvalue weighted by Gasteiger charge is -2.35. The zero-order valence-electron chi connectivity index (χ0n) is 18.8. The third-order valence-electron chi connectivity index (χ3n) is 5.55. The molecule has 2 aromatic rings. The van der Waals surface area contributed by atoms with E-state index in [0.717, 1.165) is 24.5 Å². The van der Waals surface area contributed by atoms with Gasteiger partial charge in [-0.1, -0.05) is 30.3 Å². The van der Waals surface area contributed by atoms with Crippen LogP contribution in [0.1, 0.15) is 62.0 Å². The fourth-order valence-electron chi connectivity index (χ4n) is 3.86. The van der Waals surface area contributed by atoms with Crippen molar-refractivity contribution >= 4 is 12.0 Å². The molecule has 1 unspecified atom stereocenters. The maximum atomic E-state index is 13.7. The van der Waals surface area contributed by atoms with E-state index in [9.17, 15) is 19.1 Å². The van der Waals surface area contributed by atoms with Gasteiger partial charge in [-0.3, -0.25) is 4.79 Å². The summed E-state index contributed by atoms with van der Waals surface area (Å²) in [5.41, 5.74) is 0.597. The fourth-order valence-corrected chi connectivity index (χ4v) is 3.86. The minimum absolute atomic E-state index is 0.154. The van der Waals surface area contributed by atoms with Crippen molar-refractivity contribution in [1.82, 2.24) is 10.2 Å². The van der Waals surface area contributed by atoms with Crippen LogP contribution in [0.25, 0.3) is 0 Å².